The molecule has 126 valence electrons. The first kappa shape index (κ1) is 18.0. The average Bonchev–Trinajstić information content (AvgIpc) is 2.59. The molecule has 0 unspecified atom stereocenters. The third-order valence-corrected chi connectivity index (χ3v) is 3.86. The Morgan fingerprint density at radius 2 is 1.54 bits per heavy atom. The minimum absolute atomic E-state index is 0.0728. The molecule has 3 nitrogen and oxygen atoms in total. The molecule has 0 saturated heterocycles. The summed E-state index contributed by atoms with van der Waals surface area (Å²) in [5, 5.41) is 2.92. The molecule has 0 saturated carbocycles. The van der Waals surface area contributed by atoms with Crippen LogP contribution in [0.2, 0.25) is 0 Å². The van der Waals surface area contributed by atoms with Gasteiger partial charge in [0, 0.05) is 18.2 Å². The van der Waals surface area contributed by atoms with E-state index in [9.17, 15) is 4.79 Å². The molecular formula is C21H27N2O+. The summed E-state index contributed by atoms with van der Waals surface area (Å²) >= 11 is 0. The monoisotopic (exact) mass is 323 g/mol. The smallest absolute Gasteiger partial charge is 0.244 e. The van der Waals surface area contributed by atoms with Crippen LogP contribution >= 0.6 is 0 Å². The molecule has 0 spiro atoms. The molecule has 0 atom stereocenters. The Hall–Kier alpha value is -2.39. The first-order valence-electron chi connectivity index (χ1n) is 8.48. The van der Waals surface area contributed by atoms with Crippen molar-refractivity contribution < 1.29 is 9.69 Å². The Kier molecular flexibility index (Phi) is 6.76. The number of carbonyl (C=O) groups excluding carboxylic acids is 1. The third kappa shape index (κ3) is 6.01. The highest BCUT2D eigenvalue weighted by molar-refractivity contribution is 5.91. The second-order valence-electron chi connectivity index (χ2n) is 6.35. The van der Waals surface area contributed by atoms with Gasteiger partial charge in [-0.3, -0.25) is 4.79 Å². The largest absolute Gasteiger partial charge is 0.348 e. The molecule has 1 amide bonds. The lowest BCUT2D eigenvalue weighted by molar-refractivity contribution is -0.872. The molecule has 0 fully saturated rings. The number of hydrogen-bond acceptors (Lipinski definition) is 1. The van der Waals surface area contributed by atoms with Crippen LogP contribution in [0.5, 0.6) is 0 Å². The summed E-state index contributed by atoms with van der Waals surface area (Å²) in [5.74, 6) is -0.0728. The quantitative estimate of drug-likeness (QED) is 0.753. The number of rotatable bonds is 7. The Labute approximate surface area is 145 Å². The zero-order chi connectivity index (χ0) is 17.4. The van der Waals surface area contributed by atoms with Gasteiger partial charge in [0.15, 0.2) is 0 Å². The number of aryl methyl sites for hydroxylation is 1. The first-order valence-corrected chi connectivity index (χ1v) is 8.48. The van der Waals surface area contributed by atoms with Gasteiger partial charge in [-0.1, -0.05) is 55.5 Å². The van der Waals surface area contributed by atoms with Crippen molar-refractivity contribution in [3.63, 3.8) is 0 Å². The molecular weight excluding hydrogens is 296 g/mol. The van der Waals surface area contributed by atoms with E-state index < -0.39 is 0 Å². The van der Waals surface area contributed by atoms with Crippen LogP contribution in [0.4, 0.5) is 0 Å². The molecule has 0 aliphatic rings. The predicted molar refractivity (Wildman–Crippen MR) is 99.7 cm³/mol. The fourth-order valence-electron chi connectivity index (χ4n) is 2.47. The summed E-state index contributed by atoms with van der Waals surface area (Å²) in [7, 11) is 4.27. The molecule has 0 aliphatic heterocycles. The normalized spacial score (nSPS) is 11.2. The van der Waals surface area contributed by atoms with Gasteiger partial charge in [0.1, 0.15) is 6.54 Å². The minimum Gasteiger partial charge on any atom is -0.348 e. The van der Waals surface area contributed by atoms with Crippen molar-refractivity contribution in [3.8, 4) is 0 Å². The summed E-state index contributed by atoms with van der Waals surface area (Å²) in [6.07, 6.45) is 4.46. The van der Waals surface area contributed by atoms with Crippen LogP contribution in [0.15, 0.2) is 54.6 Å². The lowest BCUT2D eigenvalue weighted by Gasteiger charge is -2.08. The van der Waals surface area contributed by atoms with Gasteiger partial charge in [-0.05, 0) is 29.2 Å². The van der Waals surface area contributed by atoms with E-state index >= 15 is 0 Å². The van der Waals surface area contributed by atoms with E-state index in [1.807, 2.05) is 18.2 Å². The lowest BCUT2D eigenvalue weighted by Crippen LogP contribution is -3.04. The van der Waals surface area contributed by atoms with Crippen molar-refractivity contribution in [2.45, 2.75) is 26.4 Å². The summed E-state index contributed by atoms with van der Waals surface area (Å²) in [4.78, 5) is 13.3. The molecule has 0 heterocycles. The van der Waals surface area contributed by atoms with Gasteiger partial charge in [0.25, 0.3) is 0 Å². The first-order chi connectivity index (χ1) is 11.6. The van der Waals surface area contributed by atoms with Gasteiger partial charge < -0.3 is 10.2 Å². The topological polar surface area (TPSA) is 33.5 Å². The molecule has 2 rings (SSSR count). The van der Waals surface area contributed by atoms with Crippen LogP contribution in [0.25, 0.3) is 6.08 Å². The zero-order valence-electron chi connectivity index (χ0n) is 14.8. The Balaban J connectivity index is 1.82. The standard InChI is InChI=1S/C21H26N2O/c1-4-17-5-7-18(8-6-17)13-14-21(24)22-15-19-9-11-20(12-10-19)16-23(2)3/h5-14H,4,15-16H2,1-3H3,(H,22,24)/p+1/b14-13+. The van der Waals surface area contributed by atoms with E-state index in [4.69, 9.17) is 0 Å². The van der Waals surface area contributed by atoms with Crippen LogP contribution in [0.1, 0.15) is 29.2 Å². The van der Waals surface area contributed by atoms with Crippen molar-refractivity contribution in [3.05, 3.63) is 76.9 Å². The van der Waals surface area contributed by atoms with Crippen LogP contribution in [-0.4, -0.2) is 20.0 Å². The maximum absolute atomic E-state index is 11.9. The van der Waals surface area contributed by atoms with Crippen LogP contribution in [-0.2, 0) is 24.3 Å². The second kappa shape index (κ2) is 9.04. The van der Waals surface area contributed by atoms with Gasteiger partial charge >= 0.3 is 0 Å². The highest BCUT2D eigenvalue weighted by atomic mass is 16.1. The third-order valence-electron chi connectivity index (χ3n) is 3.86. The molecule has 0 bridgehead atoms. The van der Waals surface area contributed by atoms with E-state index in [1.165, 1.54) is 16.0 Å². The SMILES string of the molecule is CCc1ccc(/C=C/C(=O)NCc2ccc(C[NH+](C)C)cc2)cc1. The Morgan fingerprint density at radius 3 is 2.12 bits per heavy atom. The van der Waals surface area contributed by atoms with E-state index in [2.05, 4.69) is 62.7 Å². The van der Waals surface area contributed by atoms with Crippen LogP contribution in [0, 0.1) is 0 Å². The lowest BCUT2D eigenvalue weighted by atomic mass is 10.1. The van der Waals surface area contributed by atoms with Gasteiger partial charge in [-0.2, -0.15) is 0 Å². The fraction of sp³-hybridized carbons (Fsp3) is 0.286. The number of hydrogen-bond donors (Lipinski definition) is 2. The van der Waals surface area contributed by atoms with Crippen molar-refractivity contribution in [2.24, 2.45) is 0 Å². The van der Waals surface area contributed by atoms with Gasteiger partial charge in [0.05, 0.1) is 14.1 Å². The summed E-state index contributed by atoms with van der Waals surface area (Å²) in [6, 6.07) is 16.7. The predicted octanol–water partition coefficient (Wildman–Crippen LogP) is 2.22. The zero-order valence-corrected chi connectivity index (χ0v) is 14.8. The van der Waals surface area contributed by atoms with E-state index in [0.29, 0.717) is 6.54 Å². The van der Waals surface area contributed by atoms with E-state index in [1.54, 1.807) is 6.08 Å². The average molecular weight is 323 g/mol. The van der Waals surface area contributed by atoms with E-state index in [-0.39, 0.29) is 5.91 Å². The highest BCUT2D eigenvalue weighted by Crippen LogP contribution is 2.07. The molecule has 3 heteroatoms. The molecule has 2 aromatic carbocycles. The summed E-state index contributed by atoms with van der Waals surface area (Å²) < 4.78 is 0. The number of nitrogens with one attached hydrogen (secondary N) is 2. The van der Waals surface area contributed by atoms with Crippen molar-refractivity contribution in [1.82, 2.24) is 5.32 Å². The number of benzene rings is 2. The van der Waals surface area contributed by atoms with Crippen molar-refractivity contribution >= 4 is 12.0 Å². The second-order valence-corrected chi connectivity index (χ2v) is 6.35. The highest BCUT2D eigenvalue weighted by Gasteiger charge is 2.00. The Bertz CT molecular complexity index is 670. The van der Waals surface area contributed by atoms with Crippen LogP contribution < -0.4 is 10.2 Å². The van der Waals surface area contributed by atoms with Gasteiger partial charge in [-0.15, -0.1) is 0 Å². The number of carbonyl (C=O) groups is 1. The minimum atomic E-state index is -0.0728. The molecule has 24 heavy (non-hydrogen) atoms. The molecule has 0 radical (unpaired) electrons. The van der Waals surface area contributed by atoms with Gasteiger partial charge in [0.2, 0.25) is 5.91 Å². The van der Waals surface area contributed by atoms with Crippen molar-refractivity contribution in [1.29, 1.82) is 0 Å². The number of quaternary nitrogens is 1. The maximum Gasteiger partial charge on any atom is 0.244 e. The molecule has 2 aromatic rings. The van der Waals surface area contributed by atoms with Crippen molar-refractivity contribution in [2.75, 3.05) is 14.1 Å². The molecule has 0 aromatic heterocycles. The Morgan fingerprint density at radius 1 is 0.958 bits per heavy atom. The molecule has 2 N–H and O–H groups in total. The maximum atomic E-state index is 11.9. The fourth-order valence-corrected chi connectivity index (χ4v) is 2.47. The van der Waals surface area contributed by atoms with Crippen LogP contribution in [0.3, 0.4) is 0 Å². The summed E-state index contributed by atoms with van der Waals surface area (Å²) in [6.45, 7) is 3.69. The molecule has 0 aliphatic carbocycles. The van der Waals surface area contributed by atoms with Gasteiger partial charge in [-0.25, -0.2) is 0 Å². The van der Waals surface area contributed by atoms with E-state index in [0.717, 1.165) is 24.1 Å². The summed E-state index contributed by atoms with van der Waals surface area (Å²) in [5.41, 5.74) is 4.76. The number of amides is 1.